The number of carbonyl (C=O) groups is 1. The summed E-state index contributed by atoms with van der Waals surface area (Å²) in [6.45, 7) is 2.38. The Hall–Kier alpha value is -2.35. The second-order valence-electron chi connectivity index (χ2n) is 9.55. The van der Waals surface area contributed by atoms with Gasteiger partial charge in [0.2, 0.25) is 5.82 Å². The van der Waals surface area contributed by atoms with Crippen molar-refractivity contribution in [3.05, 3.63) is 36.2 Å². The smallest absolute Gasteiger partial charge is 0.291 e. The minimum atomic E-state index is -0.0613. The van der Waals surface area contributed by atoms with Crippen molar-refractivity contribution in [3.8, 4) is 0 Å². The largest absolute Gasteiger partial charge is 0.376 e. The summed E-state index contributed by atoms with van der Waals surface area (Å²) >= 11 is 0. The van der Waals surface area contributed by atoms with E-state index in [4.69, 9.17) is 4.74 Å². The van der Waals surface area contributed by atoms with E-state index in [1.165, 1.54) is 25.7 Å². The Balaban J connectivity index is 1.19. The fourth-order valence-corrected chi connectivity index (χ4v) is 5.13. The zero-order valence-electron chi connectivity index (χ0n) is 17.1. The number of likely N-dealkylation sites (tertiary alicyclic amines) is 1. The highest BCUT2D eigenvalue weighted by molar-refractivity contribution is 5.90. The topological polar surface area (TPSA) is 86.0 Å². The zero-order chi connectivity index (χ0) is 20.1. The summed E-state index contributed by atoms with van der Waals surface area (Å²) in [6, 6.07) is 1.94. The van der Waals surface area contributed by atoms with Crippen LogP contribution in [0.25, 0.3) is 0 Å². The van der Waals surface area contributed by atoms with Crippen molar-refractivity contribution in [3.63, 3.8) is 0 Å². The minimum absolute atomic E-state index is 0.0613. The number of aromatic nitrogens is 5. The summed E-state index contributed by atoms with van der Waals surface area (Å²) in [5.74, 6) is 2.49. The van der Waals surface area contributed by atoms with Crippen LogP contribution in [0.15, 0.2) is 24.7 Å². The monoisotopic (exact) mass is 408 g/mol. The molecule has 8 heteroatoms. The van der Waals surface area contributed by atoms with Gasteiger partial charge >= 0.3 is 0 Å². The molecular formula is C22H28N6O2. The first-order chi connectivity index (χ1) is 14.7. The second kappa shape index (κ2) is 7.41. The van der Waals surface area contributed by atoms with Gasteiger partial charge in [-0.15, -0.1) is 5.10 Å². The number of hydrogen-bond donors (Lipinski definition) is 0. The number of fused-ring (bicyclic) bond motifs is 1. The Labute approximate surface area is 176 Å². The molecule has 3 saturated carbocycles. The molecule has 1 aliphatic heterocycles. The minimum Gasteiger partial charge on any atom is -0.376 e. The number of rotatable bonds is 6. The van der Waals surface area contributed by atoms with E-state index >= 15 is 0 Å². The van der Waals surface area contributed by atoms with Crippen molar-refractivity contribution in [1.82, 2.24) is 29.9 Å². The van der Waals surface area contributed by atoms with Gasteiger partial charge in [-0.3, -0.25) is 4.79 Å². The maximum Gasteiger partial charge on any atom is 0.291 e. The first kappa shape index (κ1) is 18.4. The third-order valence-corrected chi connectivity index (χ3v) is 7.24. The van der Waals surface area contributed by atoms with Crippen molar-refractivity contribution in [2.45, 2.75) is 56.6 Å². The van der Waals surface area contributed by atoms with E-state index in [0.717, 1.165) is 44.1 Å². The zero-order valence-corrected chi connectivity index (χ0v) is 17.1. The van der Waals surface area contributed by atoms with Crippen LogP contribution in [0, 0.1) is 17.8 Å². The van der Waals surface area contributed by atoms with E-state index < -0.39 is 0 Å². The summed E-state index contributed by atoms with van der Waals surface area (Å²) in [6.07, 6.45) is 12.5. The summed E-state index contributed by atoms with van der Waals surface area (Å²) in [5, 5.41) is 8.94. The molecule has 3 heterocycles. The predicted molar refractivity (Wildman–Crippen MR) is 108 cm³/mol. The van der Waals surface area contributed by atoms with Crippen molar-refractivity contribution >= 4 is 5.91 Å². The summed E-state index contributed by atoms with van der Waals surface area (Å²) in [7, 11) is 0. The van der Waals surface area contributed by atoms with Crippen LogP contribution >= 0.6 is 0 Å². The highest BCUT2D eigenvalue weighted by Gasteiger charge is 2.46. The number of carbonyl (C=O) groups excluding carboxylic acids is 1. The van der Waals surface area contributed by atoms with Crippen molar-refractivity contribution in [2.75, 3.05) is 19.7 Å². The molecule has 0 unspecified atom stereocenters. The third kappa shape index (κ3) is 3.62. The standard InChI is InChI=1S/C22H28N6O2/c29-22(21-23-6-1-7-24-21)27-10-16-8-19(28-12-18(25-26-28)15-4-5-15)20(9-17(16)11-27)30-13-14-2-3-14/h1,6-7,12,14-17,19-20H,2-5,8-11,13H2/t16-,17+,19-,20-/m1/s1. The van der Waals surface area contributed by atoms with Gasteiger partial charge in [0.05, 0.1) is 17.8 Å². The molecule has 8 nitrogen and oxygen atoms in total. The molecule has 3 aliphatic carbocycles. The Morgan fingerprint density at radius 3 is 2.57 bits per heavy atom. The molecular weight excluding hydrogens is 380 g/mol. The molecule has 2 aromatic heterocycles. The maximum atomic E-state index is 12.9. The van der Waals surface area contributed by atoms with Crippen LogP contribution in [0.1, 0.15) is 66.8 Å². The van der Waals surface area contributed by atoms with Crippen molar-refractivity contribution < 1.29 is 9.53 Å². The van der Waals surface area contributed by atoms with E-state index in [0.29, 0.717) is 23.6 Å². The molecule has 0 spiro atoms. The number of amides is 1. The third-order valence-electron chi connectivity index (χ3n) is 7.24. The Morgan fingerprint density at radius 2 is 1.83 bits per heavy atom. The summed E-state index contributed by atoms with van der Waals surface area (Å²) in [4.78, 5) is 23.1. The lowest BCUT2D eigenvalue weighted by molar-refractivity contribution is -0.0375. The molecule has 4 fully saturated rings. The van der Waals surface area contributed by atoms with Crippen LogP contribution in [0.5, 0.6) is 0 Å². The quantitative estimate of drug-likeness (QED) is 0.730. The van der Waals surface area contributed by atoms with Crippen molar-refractivity contribution in [2.24, 2.45) is 17.8 Å². The number of nitrogens with zero attached hydrogens (tertiary/aromatic N) is 6. The Morgan fingerprint density at radius 1 is 1.07 bits per heavy atom. The van der Waals surface area contributed by atoms with Crippen LogP contribution < -0.4 is 0 Å². The predicted octanol–water partition coefficient (Wildman–Crippen LogP) is 2.46. The number of ether oxygens (including phenoxy) is 1. The van der Waals surface area contributed by atoms with Gasteiger partial charge in [0, 0.05) is 44.2 Å². The Kier molecular flexibility index (Phi) is 4.55. The average Bonchev–Trinajstić information content (AvgIpc) is 3.71. The van der Waals surface area contributed by atoms with E-state index in [1.807, 2.05) is 4.90 Å². The normalized spacial score (nSPS) is 31.0. The molecule has 6 rings (SSSR count). The lowest BCUT2D eigenvalue weighted by atomic mass is 9.77. The summed E-state index contributed by atoms with van der Waals surface area (Å²) < 4.78 is 8.49. The van der Waals surface area contributed by atoms with E-state index in [9.17, 15) is 4.79 Å². The fraction of sp³-hybridized carbons (Fsp3) is 0.682. The fourth-order valence-electron chi connectivity index (χ4n) is 5.13. The lowest BCUT2D eigenvalue weighted by Crippen LogP contribution is -2.38. The van der Waals surface area contributed by atoms with Gasteiger partial charge in [0.25, 0.3) is 5.91 Å². The maximum absolute atomic E-state index is 12.9. The van der Waals surface area contributed by atoms with Gasteiger partial charge in [-0.1, -0.05) is 5.21 Å². The molecule has 4 aliphatic rings. The average molecular weight is 409 g/mol. The molecule has 0 aromatic carbocycles. The Bertz CT molecular complexity index is 909. The molecule has 30 heavy (non-hydrogen) atoms. The van der Waals surface area contributed by atoms with Crippen LogP contribution in [-0.4, -0.2) is 61.6 Å². The molecule has 0 N–H and O–H groups in total. The van der Waals surface area contributed by atoms with Crippen LogP contribution in [-0.2, 0) is 4.74 Å². The molecule has 158 valence electrons. The van der Waals surface area contributed by atoms with Gasteiger partial charge in [0.15, 0.2) is 0 Å². The second-order valence-corrected chi connectivity index (χ2v) is 9.55. The SMILES string of the molecule is O=C(c1ncccn1)N1C[C@H]2C[C@@H](n3cc(C4CC4)nn3)[C@H](OCC3CC3)C[C@H]2C1. The molecule has 1 amide bonds. The van der Waals surface area contributed by atoms with Crippen LogP contribution in [0.4, 0.5) is 0 Å². The van der Waals surface area contributed by atoms with Gasteiger partial charge < -0.3 is 9.64 Å². The number of hydrogen-bond acceptors (Lipinski definition) is 6. The molecule has 1 saturated heterocycles. The molecule has 4 atom stereocenters. The van der Waals surface area contributed by atoms with E-state index in [-0.39, 0.29) is 18.1 Å². The van der Waals surface area contributed by atoms with Gasteiger partial charge in [0.1, 0.15) is 0 Å². The van der Waals surface area contributed by atoms with Gasteiger partial charge in [-0.2, -0.15) is 0 Å². The van der Waals surface area contributed by atoms with Crippen molar-refractivity contribution in [1.29, 1.82) is 0 Å². The molecule has 0 radical (unpaired) electrons. The highest BCUT2D eigenvalue weighted by atomic mass is 16.5. The highest BCUT2D eigenvalue weighted by Crippen LogP contribution is 2.44. The summed E-state index contributed by atoms with van der Waals surface area (Å²) in [5.41, 5.74) is 1.13. The first-order valence-electron chi connectivity index (χ1n) is 11.3. The van der Waals surface area contributed by atoms with E-state index in [2.05, 4.69) is 31.2 Å². The van der Waals surface area contributed by atoms with Crippen LogP contribution in [0.3, 0.4) is 0 Å². The van der Waals surface area contributed by atoms with E-state index in [1.54, 1.807) is 18.5 Å². The van der Waals surface area contributed by atoms with Gasteiger partial charge in [-0.25, -0.2) is 14.6 Å². The molecule has 2 aromatic rings. The lowest BCUT2D eigenvalue weighted by Gasteiger charge is -2.37. The van der Waals surface area contributed by atoms with Gasteiger partial charge in [-0.05, 0) is 62.3 Å². The molecule has 0 bridgehead atoms. The van der Waals surface area contributed by atoms with Crippen LogP contribution in [0.2, 0.25) is 0 Å². The first-order valence-corrected chi connectivity index (χ1v) is 11.3.